The molecule has 1 saturated heterocycles. The smallest absolute Gasteiger partial charge is 0.227 e. The number of amides is 1. The van der Waals surface area contributed by atoms with Gasteiger partial charge in [-0.2, -0.15) is 5.10 Å². The molecule has 2 aromatic heterocycles. The van der Waals surface area contributed by atoms with Crippen LogP contribution in [-0.4, -0.2) is 44.1 Å². The lowest BCUT2D eigenvalue weighted by Gasteiger charge is -2.36. The van der Waals surface area contributed by atoms with Gasteiger partial charge < -0.3 is 4.90 Å². The first kappa shape index (κ1) is 16.6. The fourth-order valence-electron chi connectivity index (χ4n) is 3.30. The van der Waals surface area contributed by atoms with Crippen LogP contribution in [0.25, 0.3) is 11.3 Å². The summed E-state index contributed by atoms with van der Waals surface area (Å²) < 4.78 is 0. The summed E-state index contributed by atoms with van der Waals surface area (Å²) in [5, 5.41) is 6.83. The third-order valence-corrected chi connectivity index (χ3v) is 4.48. The van der Waals surface area contributed by atoms with E-state index in [2.05, 4.69) is 20.2 Å². The van der Waals surface area contributed by atoms with Crippen LogP contribution in [0.15, 0.2) is 24.8 Å². The van der Waals surface area contributed by atoms with Crippen LogP contribution in [0.4, 0.5) is 0 Å². The number of aromatic amines is 1. The van der Waals surface area contributed by atoms with Crippen molar-refractivity contribution < 1.29 is 4.79 Å². The maximum atomic E-state index is 12.6. The highest BCUT2D eigenvalue weighted by Gasteiger charge is 2.31. The largest absolute Gasteiger partial charge is 0.342 e. The topological polar surface area (TPSA) is 74.8 Å². The molecule has 0 saturated carbocycles. The van der Waals surface area contributed by atoms with Crippen LogP contribution in [0.2, 0.25) is 0 Å². The number of nitrogens with one attached hydrogen (secondary N) is 1. The number of hydrogen-bond donors (Lipinski definition) is 1. The zero-order chi connectivity index (χ0) is 17.2. The number of H-pyrrole nitrogens is 1. The number of nitrogens with zero attached hydrogens (tertiary/aromatic N) is 4. The average Bonchev–Trinajstić information content (AvgIpc) is 3.08. The first-order valence-electron chi connectivity index (χ1n) is 8.53. The second-order valence-electron chi connectivity index (χ2n) is 7.55. The third-order valence-electron chi connectivity index (χ3n) is 4.48. The molecule has 24 heavy (non-hydrogen) atoms. The number of carbonyl (C=O) groups is 1. The van der Waals surface area contributed by atoms with Gasteiger partial charge in [0.1, 0.15) is 0 Å². The van der Waals surface area contributed by atoms with Gasteiger partial charge in [0.15, 0.2) is 0 Å². The van der Waals surface area contributed by atoms with E-state index in [0.29, 0.717) is 5.92 Å². The van der Waals surface area contributed by atoms with E-state index in [0.717, 1.165) is 49.3 Å². The van der Waals surface area contributed by atoms with Crippen LogP contribution in [0.5, 0.6) is 0 Å². The normalized spacial score (nSPS) is 18.6. The van der Waals surface area contributed by atoms with Crippen molar-refractivity contribution in [2.24, 2.45) is 11.3 Å². The van der Waals surface area contributed by atoms with Crippen molar-refractivity contribution in [3.05, 3.63) is 30.5 Å². The molecule has 128 valence electrons. The van der Waals surface area contributed by atoms with Crippen molar-refractivity contribution in [1.29, 1.82) is 0 Å². The molecular weight excluding hydrogens is 302 g/mol. The Labute approximate surface area is 142 Å². The van der Waals surface area contributed by atoms with Crippen molar-refractivity contribution in [1.82, 2.24) is 25.1 Å². The number of carbonyl (C=O) groups excluding carboxylic acids is 1. The number of likely N-dealkylation sites (tertiary alicyclic amines) is 1. The van der Waals surface area contributed by atoms with E-state index in [4.69, 9.17) is 0 Å². The number of hydrogen-bond acceptors (Lipinski definition) is 4. The Morgan fingerprint density at radius 2 is 2.12 bits per heavy atom. The molecule has 1 aliphatic heterocycles. The first-order chi connectivity index (χ1) is 11.4. The molecule has 2 aromatic rings. The molecule has 0 spiro atoms. The summed E-state index contributed by atoms with van der Waals surface area (Å²) in [4.78, 5) is 23.6. The molecule has 6 heteroatoms. The van der Waals surface area contributed by atoms with Crippen molar-refractivity contribution in [3.8, 4) is 11.3 Å². The summed E-state index contributed by atoms with van der Waals surface area (Å²) in [5.41, 5.74) is 2.49. The molecule has 0 unspecified atom stereocenters. The van der Waals surface area contributed by atoms with E-state index in [1.807, 2.05) is 31.9 Å². The lowest BCUT2D eigenvalue weighted by Crippen LogP contribution is -2.45. The minimum Gasteiger partial charge on any atom is -0.342 e. The van der Waals surface area contributed by atoms with Gasteiger partial charge in [0.05, 0.1) is 17.6 Å². The van der Waals surface area contributed by atoms with Crippen molar-refractivity contribution in [3.63, 3.8) is 0 Å². The highest BCUT2D eigenvalue weighted by atomic mass is 16.2. The predicted octanol–water partition coefficient (Wildman–Crippen LogP) is 2.69. The zero-order valence-corrected chi connectivity index (χ0v) is 14.6. The summed E-state index contributed by atoms with van der Waals surface area (Å²) in [7, 11) is 0. The van der Waals surface area contributed by atoms with Gasteiger partial charge in [-0.3, -0.25) is 19.9 Å². The maximum Gasteiger partial charge on any atom is 0.227 e. The summed E-state index contributed by atoms with van der Waals surface area (Å²) in [6.45, 7) is 7.62. The number of piperidine rings is 1. The second kappa shape index (κ2) is 6.71. The molecule has 6 nitrogen and oxygen atoms in total. The van der Waals surface area contributed by atoms with Gasteiger partial charge in [-0.1, -0.05) is 20.8 Å². The molecule has 0 radical (unpaired) electrons. The van der Waals surface area contributed by atoms with Crippen LogP contribution in [0.1, 0.15) is 39.3 Å². The first-order valence-corrected chi connectivity index (χ1v) is 8.53. The van der Waals surface area contributed by atoms with Crippen LogP contribution < -0.4 is 0 Å². The van der Waals surface area contributed by atoms with Crippen molar-refractivity contribution in [2.45, 2.75) is 40.0 Å². The molecule has 1 aliphatic rings. The van der Waals surface area contributed by atoms with Gasteiger partial charge in [-0.25, -0.2) is 0 Å². The van der Waals surface area contributed by atoms with E-state index >= 15 is 0 Å². The highest BCUT2D eigenvalue weighted by Crippen LogP contribution is 2.27. The summed E-state index contributed by atoms with van der Waals surface area (Å²) >= 11 is 0. The van der Waals surface area contributed by atoms with Gasteiger partial charge in [-0.15, -0.1) is 0 Å². The van der Waals surface area contributed by atoms with Crippen LogP contribution in [0, 0.1) is 11.3 Å². The zero-order valence-electron chi connectivity index (χ0n) is 14.6. The van der Waals surface area contributed by atoms with E-state index in [-0.39, 0.29) is 11.3 Å². The monoisotopic (exact) mass is 327 g/mol. The Bertz CT molecular complexity index is 690. The van der Waals surface area contributed by atoms with E-state index in [1.54, 1.807) is 18.6 Å². The van der Waals surface area contributed by atoms with E-state index in [1.165, 1.54) is 0 Å². The third kappa shape index (κ3) is 3.63. The minimum atomic E-state index is -0.323. The molecule has 3 rings (SSSR count). The highest BCUT2D eigenvalue weighted by molar-refractivity contribution is 5.81. The quantitative estimate of drug-likeness (QED) is 0.940. The standard InChI is InChI=1S/C18H25N5O/c1-18(2,3)17(24)23-8-4-5-13(12-23)9-15-16(20-7-6-19-15)14-10-21-22-11-14/h6-7,10-11,13H,4-5,8-9,12H2,1-3H3,(H,21,22)/t13-/m0/s1. The Balaban J connectivity index is 1.74. The second-order valence-corrected chi connectivity index (χ2v) is 7.55. The van der Waals surface area contributed by atoms with Crippen LogP contribution >= 0.6 is 0 Å². The molecule has 3 heterocycles. The molecule has 1 N–H and O–H groups in total. The van der Waals surface area contributed by atoms with E-state index in [9.17, 15) is 4.79 Å². The SMILES string of the molecule is CC(C)(C)C(=O)N1CCC[C@@H](Cc2nccnc2-c2cn[nH]c2)C1. The van der Waals surface area contributed by atoms with Crippen molar-refractivity contribution in [2.75, 3.05) is 13.1 Å². The summed E-state index contributed by atoms with van der Waals surface area (Å²) in [6.07, 6.45) is 10.1. The van der Waals surface area contributed by atoms with Gasteiger partial charge in [0.25, 0.3) is 0 Å². The van der Waals surface area contributed by atoms with E-state index < -0.39 is 0 Å². The average molecular weight is 327 g/mol. The number of aromatic nitrogens is 4. The summed E-state index contributed by atoms with van der Waals surface area (Å²) in [6, 6.07) is 0. The summed E-state index contributed by atoms with van der Waals surface area (Å²) in [5.74, 6) is 0.661. The Morgan fingerprint density at radius 3 is 2.83 bits per heavy atom. The molecular formula is C18H25N5O. The van der Waals surface area contributed by atoms with Crippen molar-refractivity contribution >= 4 is 5.91 Å². The Morgan fingerprint density at radius 1 is 1.33 bits per heavy atom. The molecule has 1 fully saturated rings. The molecule has 1 amide bonds. The number of rotatable bonds is 3. The Kier molecular flexibility index (Phi) is 4.64. The van der Waals surface area contributed by atoms with Gasteiger partial charge >= 0.3 is 0 Å². The van der Waals surface area contributed by atoms with Gasteiger partial charge in [0.2, 0.25) is 5.91 Å². The molecule has 0 aliphatic carbocycles. The molecule has 0 aromatic carbocycles. The fraction of sp³-hybridized carbons (Fsp3) is 0.556. The minimum absolute atomic E-state index is 0.237. The lowest BCUT2D eigenvalue weighted by atomic mass is 9.89. The Hall–Kier alpha value is -2.24. The van der Waals surface area contributed by atoms with Gasteiger partial charge in [0, 0.05) is 42.7 Å². The lowest BCUT2D eigenvalue weighted by molar-refractivity contribution is -0.141. The molecule has 1 atom stereocenters. The van der Waals surface area contributed by atoms with Crippen LogP contribution in [-0.2, 0) is 11.2 Å². The predicted molar refractivity (Wildman–Crippen MR) is 92.1 cm³/mol. The maximum absolute atomic E-state index is 12.6. The van der Waals surface area contributed by atoms with Gasteiger partial charge in [-0.05, 0) is 25.2 Å². The molecule has 0 bridgehead atoms. The fourth-order valence-corrected chi connectivity index (χ4v) is 3.30. The van der Waals surface area contributed by atoms with Crippen LogP contribution in [0.3, 0.4) is 0 Å².